The molecular formula is C12H19N3O3S. The quantitative estimate of drug-likeness (QED) is 0.519. The highest BCUT2D eigenvalue weighted by Gasteiger charge is 2.17. The number of nitrogens with two attached hydrogens (primary N) is 2. The third-order valence-electron chi connectivity index (χ3n) is 2.81. The highest BCUT2D eigenvalue weighted by molar-refractivity contribution is 7.89. The second-order valence-electron chi connectivity index (χ2n) is 4.44. The summed E-state index contributed by atoms with van der Waals surface area (Å²) in [6.07, 6.45) is 0.504. The van der Waals surface area contributed by atoms with Gasteiger partial charge in [0.1, 0.15) is 4.90 Å². The molecule has 1 rings (SSSR count). The Morgan fingerprint density at radius 1 is 1.26 bits per heavy atom. The Bertz CT molecular complexity index is 582. The Morgan fingerprint density at radius 3 is 2.42 bits per heavy atom. The average Bonchev–Trinajstić information content (AvgIpc) is 2.29. The molecule has 0 aliphatic rings. The Balaban J connectivity index is 2.83. The standard InChI is InChI=1S/C12H19N3O3S/c1-8-6-10(13)11(7-9(8)2)19(17,18)15-5-3-4-12(14)16/h6-7,15H,3-5,13H2,1-2H3,(H2,14,16). The van der Waals surface area contributed by atoms with Crippen LogP contribution >= 0.6 is 0 Å². The van der Waals surface area contributed by atoms with E-state index in [-0.39, 0.29) is 23.5 Å². The van der Waals surface area contributed by atoms with Crippen molar-refractivity contribution >= 4 is 21.6 Å². The van der Waals surface area contributed by atoms with Gasteiger partial charge < -0.3 is 11.5 Å². The van der Waals surface area contributed by atoms with E-state index < -0.39 is 15.9 Å². The number of sulfonamides is 1. The zero-order valence-electron chi connectivity index (χ0n) is 11.1. The number of carbonyl (C=O) groups is 1. The second kappa shape index (κ2) is 6.03. The largest absolute Gasteiger partial charge is 0.398 e. The zero-order valence-corrected chi connectivity index (χ0v) is 11.9. The molecule has 0 heterocycles. The van der Waals surface area contributed by atoms with Crippen molar-refractivity contribution in [1.82, 2.24) is 4.72 Å². The fourth-order valence-electron chi connectivity index (χ4n) is 1.59. The van der Waals surface area contributed by atoms with E-state index in [2.05, 4.69) is 4.72 Å². The molecule has 5 N–H and O–H groups in total. The topological polar surface area (TPSA) is 115 Å². The van der Waals surface area contributed by atoms with Gasteiger partial charge in [-0.05, 0) is 43.5 Å². The number of hydrogen-bond donors (Lipinski definition) is 3. The van der Waals surface area contributed by atoms with Gasteiger partial charge in [-0.1, -0.05) is 0 Å². The molecule has 0 atom stereocenters. The van der Waals surface area contributed by atoms with Crippen LogP contribution in [0.5, 0.6) is 0 Å². The summed E-state index contributed by atoms with van der Waals surface area (Å²) >= 11 is 0. The van der Waals surface area contributed by atoms with Crippen LogP contribution in [-0.2, 0) is 14.8 Å². The highest BCUT2D eigenvalue weighted by atomic mass is 32.2. The minimum atomic E-state index is -3.66. The second-order valence-corrected chi connectivity index (χ2v) is 6.18. The van der Waals surface area contributed by atoms with Crippen molar-refractivity contribution in [2.75, 3.05) is 12.3 Å². The summed E-state index contributed by atoms with van der Waals surface area (Å²) in [7, 11) is -3.66. The van der Waals surface area contributed by atoms with Crippen LogP contribution in [0.2, 0.25) is 0 Å². The van der Waals surface area contributed by atoms with Crippen LogP contribution in [-0.4, -0.2) is 20.9 Å². The molecule has 0 aliphatic carbocycles. The zero-order chi connectivity index (χ0) is 14.6. The third kappa shape index (κ3) is 4.22. The first-order valence-corrected chi connectivity index (χ1v) is 7.37. The van der Waals surface area contributed by atoms with E-state index in [0.29, 0.717) is 6.42 Å². The fourth-order valence-corrected chi connectivity index (χ4v) is 2.86. The molecule has 106 valence electrons. The summed E-state index contributed by atoms with van der Waals surface area (Å²) in [6.45, 7) is 3.83. The summed E-state index contributed by atoms with van der Waals surface area (Å²) < 4.78 is 26.5. The molecule has 0 aromatic heterocycles. The van der Waals surface area contributed by atoms with E-state index >= 15 is 0 Å². The molecule has 7 heteroatoms. The Labute approximate surface area is 113 Å². The van der Waals surface area contributed by atoms with Crippen LogP contribution in [0.1, 0.15) is 24.0 Å². The van der Waals surface area contributed by atoms with Gasteiger partial charge in [0.15, 0.2) is 0 Å². The minimum Gasteiger partial charge on any atom is -0.398 e. The van der Waals surface area contributed by atoms with Crippen LogP contribution in [0.3, 0.4) is 0 Å². The lowest BCUT2D eigenvalue weighted by atomic mass is 10.1. The van der Waals surface area contributed by atoms with E-state index in [1.54, 1.807) is 12.1 Å². The molecule has 1 aromatic carbocycles. The number of nitrogen functional groups attached to an aromatic ring is 1. The first-order chi connectivity index (χ1) is 8.74. The predicted octanol–water partition coefficient (Wildman–Crippen LogP) is 0.429. The van der Waals surface area contributed by atoms with Crippen molar-refractivity contribution in [3.05, 3.63) is 23.3 Å². The summed E-state index contributed by atoms with van der Waals surface area (Å²) in [5, 5.41) is 0. The van der Waals surface area contributed by atoms with E-state index in [4.69, 9.17) is 11.5 Å². The van der Waals surface area contributed by atoms with Crippen LogP contribution in [0, 0.1) is 13.8 Å². The van der Waals surface area contributed by atoms with Crippen molar-refractivity contribution in [3.63, 3.8) is 0 Å². The molecule has 0 fully saturated rings. The number of benzene rings is 1. The lowest BCUT2D eigenvalue weighted by Crippen LogP contribution is -2.26. The molecule has 6 nitrogen and oxygen atoms in total. The molecule has 0 aliphatic heterocycles. The van der Waals surface area contributed by atoms with Crippen molar-refractivity contribution < 1.29 is 13.2 Å². The van der Waals surface area contributed by atoms with Gasteiger partial charge in [-0.3, -0.25) is 4.79 Å². The molecule has 0 radical (unpaired) electrons. The van der Waals surface area contributed by atoms with Gasteiger partial charge in [0, 0.05) is 13.0 Å². The number of carbonyl (C=O) groups excluding carboxylic acids is 1. The minimum absolute atomic E-state index is 0.0645. The number of rotatable bonds is 6. The lowest BCUT2D eigenvalue weighted by molar-refractivity contribution is -0.118. The molecular weight excluding hydrogens is 266 g/mol. The van der Waals surface area contributed by atoms with Gasteiger partial charge >= 0.3 is 0 Å². The number of amides is 1. The van der Waals surface area contributed by atoms with Crippen LogP contribution in [0.15, 0.2) is 17.0 Å². The van der Waals surface area contributed by atoms with E-state index in [1.165, 1.54) is 0 Å². The van der Waals surface area contributed by atoms with Crippen LogP contribution < -0.4 is 16.2 Å². The van der Waals surface area contributed by atoms with E-state index in [1.807, 2.05) is 13.8 Å². The number of aryl methyl sites for hydroxylation is 2. The maximum atomic E-state index is 12.1. The molecule has 19 heavy (non-hydrogen) atoms. The van der Waals surface area contributed by atoms with Crippen molar-refractivity contribution in [1.29, 1.82) is 0 Å². The van der Waals surface area contributed by atoms with Gasteiger partial charge in [0.2, 0.25) is 15.9 Å². The van der Waals surface area contributed by atoms with Gasteiger partial charge in [0.25, 0.3) is 0 Å². The van der Waals surface area contributed by atoms with Crippen molar-refractivity contribution in [2.24, 2.45) is 5.73 Å². The van der Waals surface area contributed by atoms with E-state index in [9.17, 15) is 13.2 Å². The highest BCUT2D eigenvalue weighted by Crippen LogP contribution is 2.22. The number of primary amides is 1. The summed E-state index contributed by atoms with van der Waals surface area (Å²) in [6, 6.07) is 3.17. The molecule has 0 saturated heterocycles. The monoisotopic (exact) mass is 285 g/mol. The van der Waals surface area contributed by atoms with Crippen LogP contribution in [0.25, 0.3) is 0 Å². The average molecular weight is 285 g/mol. The first-order valence-electron chi connectivity index (χ1n) is 5.88. The molecule has 1 aromatic rings. The summed E-state index contributed by atoms with van der Waals surface area (Å²) in [4.78, 5) is 10.6. The van der Waals surface area contributed by atoms with Crippen molar-refractivity contribution in [2.45, 2.75) is 31.6 Å². The fraction of sp³-hybridized carbons (Fsp3) is 0.417. The molecule has 1 amide bonds. The normalized spacial score (nSPS) is 11.5. The van der Waals surface area contributed by atoms with Gasteiger partial charge in [0.05, 0.1) is 5.69 Å². The number of hydrogen-bond acceptors (Lipinski definition) is 4. The molecule has 0 spiro atoms. The summed E-state index contributed by atoms with van der Waals surface area (Å²) in [5.41, 5.74) is 12.7. The predicted molar refractivity (Wildman–Crippen MR) is 73.9 cm³/mol. The maximum Gasteiger partial charge on any atom is 0.242 e. The molecule has 0 bridgehead atoms. The Kier molecular flexibility index (Phi) is 4.90. The van der Waals surface area contributed by atoms with Crippen molar-refractivity contribution in [3.8, 4) is 0 Å². The van der Waals surface area contributed by atoms with E-state index in [0.717, 1.165) is 11.1 Å². The molecule has 0 unspecified atom stereocenters. The first kappa shape index (κ1) is 15.5. The lowest BCUT2D eigenvalue weighted by Gasteiger charge is -2.11. The maximum absolute atomic E-state index is 12.1. The SMILES string of the molecule is Cc1cc(N)c(S(=O)(=O)NCCCC(N)=O)cc1C. The summed E-state index contributed by atoms with van der Waals surface area (Å²) in [5.74, 6) is -0.454. The Morgan fingerprint density at radius 2 is 1.84 bits per heavy atom. The van der Waals surface area contributed by atoms with Gasteiger partial charge in [-0.15, -0.1) is 0 Å². The van der Waals surface area contributed by atoms with Gasteiger partial charge in [-0.25, -0.2) is 13.1 Å². The number of anilines is 1. The Hall–Kier alpha value is -1.60. The smallest absolute Gasteiger partial charge is 0.242 e. The third-order valence-corrected chi connectivity index (χ3v) is 4.32. The number of nitrogens with one attached hydrogen (secondary N) is 1. The van der Waals surface area contributed by atoms with Crippen LogP contribution in [0.4, 0.5) is 5.69 Å². The molecule has 0 saturated carbocycles. The van der Waals surface area contributed by atoms with Gasteiger partial charge in [-0.2, -0.15) is 0 Å².